The van der Waals surface area contributed by atoms with E-state index in [2.05, 4.69) is 20.8 Å². The Labute approximate surface area is 143 Å². The van der Waals surface area contributed by atoms with Crippen LogP contribution in [0, 0.1) is 0 Å². The largest absolute Gasteiger partial charge is 0.497 e. The van der Waals surface area contributed by atoms with Gasteiger partial charge in [0, 0.05) is 6.42 Å². The van der Waals surface area contributed by atoms with Gasteiger partial charge in [-0.15, -0.1) is 0 Å². The third-order valence-electron chi connectivity index (χ3n) is 3.83. The van der Waals surface area contributed by atoms with Crippen LogP contribution in [0.2, 0.25) is 0 Å². The van der Waals surface area contributed by atoms with Gasteiger partial charge in [-0.25, -0.2) is 4.79 Å². The molecule has 0 fully saturated rings. The van der Waals surface area contributed by atoms with Crippen molar-refractivity contribution in [3.8, 4) is 11.5 Å². The van der Waals surface area contributed by atoms with E-state index in [4.69, 9.17) is 9.47 Å². The predicted octanol–water partition coefficient (Wildman–Crippen LogP) is 4.07. The van der Waals surface area contributed by atoms with Gasteiger partial charge in [0.1, 0.15) is 11.5 Å². The van der Waals surface area contributed by atoms with E-state index in [-0.39, 0.29) is 11.8 Å². The summed E-state index contributed by atoms with van der Waals surface area (Å²) in [6.07, 6.45) is -0.675. The molecule has 0 radical (unpaired) electrons. The second-order valence-corrected chi connectivity index (χ2v) is 6.77. The third kappa shape index (κ3) is 4.75. The molecule has 0 saturated carbocycles. The van der Waals surface area contributed by atoms with Gasteiger partial charge in [-0.3, -0.25) is 0 Å². The van der Waals surface area contributed by atoms with Gasteiger partial charge >= 0.3 is 5.97 Å². The van der Waals surface area contributed by atoms with Crippen molar-refractivity contribution in [2.45, 2.75) is 38.7 Å². The van der Waals surface area contributed by atoms with Gasteiger partial charge in [-0.1, -0.05) is 45.0 Å². The highest BCUT2D eigenvalue weighted by molar-refractivity contribution is 5.73. The average molecular weight is 328 g/mol. The van der Waals surface area contributed by atoms with Crippen molar-refractivity contribution in [3.05, 3.63) is 59.7 Å². The zero-order chi connectivity index (χ0) is 17.7. The SMILES string of the molecule is COc1cccc(CC(Oc2ccc(C(C)(C)C)cc2)C(=O)O)c1. The Balaban J connectivity index is 2.12. The van der Waals surface area contributed by atoms with E-state index in [1.165, 1.54) is 5.56 Å². The number of carbonyl (C=O) groups is 1. The summed E-state index contributed by atoms with van der Waals surface area (Å²) >= 11 is 0. The standard InChI is InChI=1S/C20H24O4/c1-20(2,3)15-8-10-16(11-9-15)24-18(19(21)22)13-14-6-5-7-17(12-14)23-4/h5-12,18H,13H2,1-4H3,(H,21,22). The second-order valence-electron chi connectivity index (χ2n) is 6.77. The molecule has 0 aliphatic heterocycles. The van der Waals surface area contributed by atoms with E-state index in [1.807, 2.05) is 48.5 Å². The predicted molar refractivity (Wildman–Crippen MR) is 93.9 cm³/mol. The Morgan fingerprint density at radius 1 is 1.08 bits per heavy atom. The van der Waals surface area contributed by atoms with Gasteiger partial charge in [-0.2, -0.15) is 0 Å². The molecule has 2 aromatic rings. The van der Waals surface area contributed by atoms with Crippen molar-refractivity contribution in [3.63, 3.8) is 0 Å². The number of hydrogen-bond acceptors (Lipinski definition) is 3. The van der Waals surface area contributed by atoms with Gasteiger partial charge in [-0.05, 0) is 40.8 Å². The minimum Gasteiger partial charge on any atom is -0.497 e. The highest BCUT2D eigenvalue weighted by atomic mass is 16.5. The first-order chi connectivity index (χ1) is 11.3. The lowest BCUT2D eigenvalue weighted by Gasteiger charge is -2.20. The molecule has 0 bridgehead atoms. The van der Waals surface area contributed by atoms with Crippen LogP contribution in [0.25, 0.3) is 0 Å². The first-order valence-corrected chi connectivity index (χ1v) is 7.92. The first kappa shape index (κ1) is 17.9. The van der Waals surface area contributed by atoms with Gasteiger partial charge < -0.3 is 14.6 Å². The zero-order valence-electron chi connectivity index (χ0n) is 14.6. The summed E-state index contributed by atoms with van der Waals surface area (Å²) in [5, 5.41) is 9.45. The van der Waals surface area contributed by atoms with Crippen molar-refractivity contribution >= 4 is 5.97 Å². The maximum atomic E-state index is 11.5. The molecule has 0 aliphatic carbocycles. The molecule has 4 heteroatoms. The molecule has 0 saturated heterocycles. The number of methoxy groups -OCH3 is 1. The molecule has 0 spiro atoms. The van der Waals surface area contributed by atoms with Crippen LogP contribution in [-0.4, -0.2) is 24.3 Å². The Hall–Kier alpha value is -2.49. The number of rotatable bonds is 6. The summed E-state index contributed by atoms with van der Waals surface area (Å²) in [6.45, 7) is 6.39. The van der Waals surface area contributed by atoms with Crippen LogP contribution in [0.15, 0.2) is 48.5 Å². The minimum atomic E-state index is -0.988. The van der Waals surface area contributed by atoms with Gasteiger partial charge in [0.15, 0.2) is 6.10 Å². The second kappa shape index (κ2) is 7.39. The van der Waals surface area contributed by atoms with Crippen LogP contribution >= 0.6 is 0 Å². The molecule has 4 nitrogen and oxygen atoms in total. The molecule has 128 valence electrons. The lowest BCUT2D eigenvalue weighted by Crippen LogP contribution is -2.29. The van der Waals surface area contributed by atoms with Gasteiger partial charge in [0.2, 0.25) is 0 Å². The van der Waals surface area contributed by atoms with E-state index in [0.29, 0.717) is 11.5 Å². The van der Waals surface area contributed by atoms with Crippen molar-refractivity contribution in [2.24, 2.45) is 0 Å². The maximum absolute atomic E-state index is 11.5. The number of benzene rings is 2. The van der Waals surface area contributed by atoms with Gasteiger partial charge in [0.05, 0.1) is 7.11 Å². The minimum absolute atomic E-state index is 0.0469. The quantitative estimate of drug-likeness (QED) is 0.868. The molecule has 0 aromatic heterocycles. The number of ether oxygens (including phenoxy) is 2. The fraction of sp³-hybridized carbons (Fsp3) is 0.350. The van der Waals surface area contributed by atoms with Crippen LogP contribution in [0.1, 0.15) is 31.9 Å². The van der Waals surface area contributed by atoms with Crippen molar-refractivity contribution in [1.82, 2.24) is 0 Å². The summed E-state index contributed by atoms with van der Waals surface area (Å²) in [7, 11) is 1.58. The molecule has 0 heterocycles. The molecule has 0 aliphatic rings. The topological polar surface area (TPSA) is 55.8 Å². The zero-order valence-corrected chi connectivity index (χ0v) is 14.6. The van der Waals surface area contributed by atoms with E-state index in [0.717, 1.165) is 5.56 Å². The maximum Gasteiger partial charge on any atom is 0.345 e. The molecular formula is C20H24O4. The average Bonchev–Trinajstić information content (AvgIpc) is 2.54. The number of hydrogen-bond donors (Lipinski definition) is 1. The summed E-state index contributed by atoms with van der Waals surface area (Å²) in [5.41, 5.74) is 2.08. The molecule has 0 amide bonds. The number of aliphatic carboxylic acids is 1. The van der Waals surface area contributed by atoms with Crippen LogP contribution in [0.5, 0.6) is 11.5 Å². The van der Waals surface area contributed by atoms with Crippen molar-refractivity contribution in [1.29, 1.82) is 0 Å². The Bertz CT molecular complexity index is 684. The van der Waals surface area contributed by atoms with Crippen LogP contribution in [-0.2, 0) is 16.6 Å². The normalized spacial score (nSPS) is 12.5. The lowest BCUT2D eigenvalue weighted by atomic mass is 9.87. The van der Waals surface area contributed by atoms with Crippen molar-refractivity contribution < 1.29 is 19.4 Å². The van der Waals surface area contributed by atoms with Crippen LogP contribution in [0.3, 0.4) is 0 Å². The molecule has 24 heavy (non-hydrogen) atoms. The Morgan fingerprint density at radius 2 is 1.75 bits per heavy atom. The smallest absolute Gasteiger partial charge is 0.345 e. The van der Waals surface area contributed by atoms with E-state index in [9.17, 15) is 9.90 Å². The molecule has 1 N–H and O–H groups in total. The summed E-state index contributed by atoms with van der Waals surface area (Å²) in [4.78, 5) is 11.5. The third-order valence-corrected chi connectivity index (χ3v) is 3.83. The van der Waals surface area contributed by atoms with Gasteiger partial charge in [0.25, 0.3) is 0 Å². The molecular weight excluding hydrogens is 304 g/mol. The van der Waals surface area contributed by atoms with Crippen LogP contribution in [0.4, 0.5) is 0 Å². The van der Waals surface area contributed by atoms with E-state index in [1.54, 1.807) is 7.11 Å². The fourth-order valence-corrected chi connectivity index (χ4v) is 2.39. The first-order valence-electron chi connectivity index (χ1n) is 7.92. The van der Waals surface area contributed by atoms with Crippen molar-refractivity contribution in [2.75, 3.05) is 7.11 Å². The molecule has 2 rings (SSSR count). The Kier molecular flexibility index (Phi) is 5.50. The summed E-state index contributed by atoms with van der Waals surface area (Å²) < 4.78 is 10.9. The fourth-order valence-electron chi connectivity index (χ4n) is 2.39. The monoisotopic (exact) mass is 328 g/mol. The lowest BCUT2D eigenvalue weighted by molar-refractivity contribution is -0.145. The number of carboxylic acid groups (broad SMARTS) is 1. The summed E-state index contributed by atoms with van der Waals surface area (Å²) in [6, 6.07) is 14.9. The molecule has 2 aromatic carbocycles. The molecule has 1 atom stereocenters. The molecule has 1 unspecified atom stereocenters. The highest BCUT2D eigenvalue weighted by Crippen LogP contribution is 2.25. The van der Waals surface area contributed by atoms with E-state index >= 15 is 0 Å². The highest BCUT2D eigenvalue weighted by Gasteiger charge is 2.21. The number of carboxylic acids is 1. The van der Waals surface area contributed by atoms with Crippen LogP contribution < -0.4 is 9.47 Å². The summed E-state index contributed by atoms with van der Waals surface area (Å²) in [5.74, 6) is 0.266. The van der Waals surface area contributed by atoms with E-state index < -0.39 is 12.1 Å². The Morgan fingerprint density at radius 3 is 2.29 bits per heavy atom.